The normalized spacial score (nSPS) is 16.6. The lowest BCUT2D eigenvalue weighted by Gasteiger charge is -2.24. The zero-order valence-electron chi connectivity index (χ0n) is 21.8. The van der Waals surface area contributed by atoms with Crippen LogP contribution in [0, 0.1) is 0 Å². The Balaban J connectivity index is 1.58. The molecule has 1 N–H and O–H groups in total. The Morgan fingerprint density at radius 2 is 1.49 bits per heavy atom. The largest absolute Gasteiger partial charge is 0.497 e. The molecule has 0 fully saturated rings. The average molecular weight is 485 g/mol. The molecule has 1 aromatic heterocycles. The number of fused-ring (bicyclic) bond motifs is 3. The highest BCUT2D eigenvalue weighted by Crippen LogP contribution is 2.45. The highest BCUT2D eigenvalue weighted by Gasteiger charge is 2.30. The summed E-state index contributed by atoms with van der Waals surface area (Å²) >= 11 is 0. The second-order valence-electron chi connectivity index (χ2n) is 10.2. The highest BCUT2D eigenvalue weighted by atomic mass is 16.5. The van der Waals surface area contributed by atoms with E-state index in [4.69, 9.17) is 9.72 Å². The molecule has 2 atom stereocenters. The number of aromatic nitrogens is 1. The van der Waals surface area contributed by atoms with E-state index in [-0.39, 0.29) is 12.0 Å². The van der Waals surface area contributed by atoms with Crippen LogP contribution < -0.4 is 10.1 Å². The molecule has 3 nitrogen and oxygen atoms in total. The number of methoxy groups -OCH3 is 1. The molecule has 0 saturated carbocycles. The predicted octanol–water partition coefficient (Wildman–Crippen LogP) is 8.70. The third-order valence-corrected chi connectivity index (χ3v) is 7.70. The fourth-order valence-corrected chi connectivity index (χ4v) is 5.77. The number of pyridine rings is 1. The second-order valence-corrected chi connectivity index (χ2v) is 10.2. The van der Waals surface area contributed by atoms with Crippen molar-refractivity contribution in [2.75, 3.05) is 12.4 Å². The zero-order valence-corrected chi connectivity index (χ0v) is 21.8. The Kier molecular flexibility index (Phi) is 5.92. The van der Waals surface area contributed by atoms with Gasteiger partial charge in [-0.15, -0.1) is 0 Å². The van der Waals surface area contributed by atoms with Gasteiger partial charge in [0.15, 0.2) is 0 Å². The Hall–Kier alpha value is -4.11. The number of anilines is 1. The molecule has 3 heteroatoms. The third kappa shape index (κ3) is 4.05. The summed E-state index contributed by atoms with van der Waals surface area (Å²) in [7, 11) is 1.73. The molecule has 0 aliphatic carbocycles. The molecular formula is C34H32N2O. The van der Waals surface area contributed by atoms with Crippen LogP contribution in [0.2, 0.25) is 0 Å². The minimum atomic E-state index is -0.108. The summed E-state index contributed by atoms with van der Waals surface area (Å²) in [4.78, 5) is 5.30. The zero-order chi connectivity index (χ0) is 25.5. The fourth-order valence-electron chi connectivity index (χ4n) is 5.77. The number of hydrogen-bond acceptors (Lipinski definition) is 3. The lowest BCUT2D eigenvalue weighted by molar-refractivity contribution is 0.413. The second kappa shape index (κ2) is 9.40. The molecule has 0 bridgehead atoms. The molecule has 0 radical (unpaired) electrons. The molecule has 0 spiro atoms. The molecule has 37 heavy (non-hydrogen) atoms. The number of benzene rings is 4. The van der Waals surface area contributed by atoms with E-state index in [9.17, 15) is 0 Å². The maximum atomic E-state index is 5.82. The molecule has 2 heterocycles. The Morgan fingerprint density at radius 3 is 2.30 bits per heavy atom. The molecule has 4 aromatic carbocycles. The number of rotatable bonds is 4. The number of nitrogens with zero attached hydrogens (tertiary/aromatic N) is 1. The van der Waals surface area contributed by atoms with Crippen LogP contribution in [0.4, 0.5) is 5.69 Å². The van der Waals surface area contributed by atoms with E-state index in [0.29, 0.717) is 5.92 Å². The highest BCUT2D eigenvalue weighted by molar-refractivity contribution is 5.96. The average Bonchev–Trinajstić information content (AvgIpc) is 3.07. The van der Waals surface area contributed by atoms with Crippen molar-refractivity contribution < 1.29 is 4.74 Å². The molecule has 184 valence electrons. The van der Waals surface area contributed by atoms with Crippen LogP contribution in [0.25, 0.3) is 22.0 Å². The van der Waals surface area contributed by atoms with E-state index in [1.807, 2.05) is 6.07 Å². The van der Waals surface area contributed by atoms with Crippen LogP contribution in [-0.4, -0.2) is 12.1 Å². The van der Waals surface area contributed by atoms with Gasteiger partial charge in [-0.25, -0.2) is 4.98 Å². The van der Waals surface area contributed by atoms with Crippen molar-refractivity contribution in [3.05, 3.63) is 125 Å². The summed E-state index contributed by atoms with van der Waals surface area (Å²) in [5, 5.41) is 6.35. The van der Waals surface area contributed by atoms with E-state index in [1.165, 1.54) is 38.7 Å². The van der Waals surface area contributed by atoms with Crippen LogP contribution in [0.3, 0.4) is 0 Å². The Morgan fingerprint density at radius 1 is 0.784 bits per heavy atom. The van der Waals surface area contributed by atoms with Crippen molar-refractivity contribution in [1.82, 2.24) is 4.98 Å². The molecular weight excluding hydrogens is 452 g/mol. The number of hydrogen-bond donors (Lipinski definition) is 1. The smallest absolute Gasteiger partial charge is 0.122 e. The van der Waals surface area contributed by atoms with E-state index in [2.05, 4.69) is 117 Å². The van der Waals surface area contributed by atoms with Crippen molar-refractivity contribution in [3.63, 3.8) is 0 Å². The molecule has 2 unspecified atom stereocenters. The van der Waals surface area contributed by atoms with Crippen LogP contribution in [0.1, 0.15) is 66.6 Å². The van der Waals surface area contributed by atoms with Crippen LogP contribution in [0.15, 0.2) is 97.1 Å². The first kappa shape index (κ1) is 23.3. The molecule has 1 aliphatic heterocycles. The summed E-state index contributed by atoms with van der Waals surface area (Å²) in [5.41, 5.74) is 9.45. The minimum Gasteiger partial charge on any atom is -0.497 e. The Bertz CT molecular complexity index is 1600. The summed E-state index contributed by atoms with van der Waals surface area (Å²) < 4.78 is 5.82. The van der Waals surface area contributed by atoms with Gasteiger partial charge in [-0.2, -0.15) is 0 Å². The monoisotopic (exact) mass is 484 g/mol. The van der Waals surface area contributed by atoms with Gasteiger partial charge in [0.05, 0.1) is 24.5 Å². The van der Waals surface area contributed by atoms with Gasteiger partial charge in [-0.05, 0) is 38.9 Å². The van der Waals surface area contributed by atoms with Crippen molar-refractivity contribution in [2.24, 2.45) is 0 Å². The van der Waals surface area contributed by atoms with Crippen molar-refractivity contribution in [3.8, 4) is 17.0 Å². The number of para-hydroxylation sites is 1. The summed E-state index contributed by atoms with van der Waals surface area (Å²) in [6.07, 6.45) is 0. The number of ether oxygens (including phenoxy) is 1. The van der Waals surface area contributed by atoms with E-state index < -0.39 is 0 Å². The van der Waals surface area contributed by atoms with E-state index in [1.54, 1.807) is 7.11 Å². The molecule has 5 aromatic rings. The molecule has 1 aliphatic rings. The van der Waals surface area contributed by atoms with Crippen molar-refractivity contribution >= 4 is 16.5 Å². The van der Waals surface area contributed by atoms with Gasteiger partial charge in [0.25, 0.3) is 0 Å². The standard InChI is InChI=1S/C34H32N2O/c1-21(2)25-16-10-17-27-22(3)26-13-7-8-15-30(26)34(36-33(25)27)32-20-24(37-4)19-31(35-32)29-18-9-12-23-11-5-6-14-28(23)29/h5-22,34,36H,1-4H3. The maximum absolute atomic E-state index is 5.82. The van der Waals surface area contributed by atoms with Gasteiger partial charge >= 0.3 is 0 Å². The van der Waals surface area contributed by atoms with Gasteiger partial charge < -0.3 is 10.1 Å². The first-order valence-electron chi connectivity index (χ1n) is 13.1. The maximum Gasteiger partial charge on any atom is 0.122 e. The SMILES string of the molecule is COc1cc(-c2cccc3ccccc23)nc(C2Nc3c(C(C)C)cccc3C(C)c3ccccc32)c1. The van der Waals surface area contributed by atoms with Crippen LogP contribution >= 0.6 is 0 Å². The third-order valence-electron chi connectivity index (χ3n) is 7.70. The van der Waals surface area contributed by atoms with Crippen molar-refractivity contribution in [2.45, 2.75) is 38.6 Å². The summed E-state index contributed by atoms with van der Waals surface area (Å²) in [6, 6.07) is 34.4. The summed E-state index contributed by atoms with van der Waals surface area (Å²) in [6.45, 7) is 6.83. The van der Waals surface area contributed by atoms with Gasteiger partial charge in [0.2, 0.25) is 0 Å². The predicted molar refractivity (Wildman–Crippen MR) is 154 cm³/mol. The molecule has 0 amide bonds. The quantitative estimate of drug-likeness (QED) is 0.277. The van der Waals surface area contributed by atoms with Gasteiger partial charge in [-0.1, -0.05) is 106 Å². The lowest BCUT2D eigenvalue weighted by atomic mass is 9.86. The van der Waals surface area contributed by atoms with Crippen molar-refractivity contribution in [1.29, 1.82) is 0 Å². The van der Waals surface area contributed by atoms with Gasteiger partial charge in [-0.3, -0.25) is 0 Å². The van der Waals surface area contributed by atoms with E-state index in [0.717, 1.165) is 22.7 Å². The Labute approximate surface area is 219 Å². The first-order valence-corrected chi connectivity index (χ1v) is 13.1. The summed E-state index contributed by atoms with van der Waals surface area (Å²) in [5.74, 6) is 1.48. The van der Waals surface area contributed by atoms with Gasteiger partial charge in [0, 0.05) is 29.3 Å². The van der Waals surface area contributed by atoms with Crippen LogP contribution in [-0.2, 0) is 0 Å². The minimum absolute atomic E-state index is 0.108. The topological polar surface area (TPSA) is 34.1 Å². The molecule has 0 saturated heterocycles. The van der Waals surface area contributed by atoms with E-state index >= 15 is 0 Å². The van der Waals surface area contributed by atoms with Gasteiger partial charge in [0.1, 0.15) is 5.75 Å². The van der Waals surface area contributed by atoms with Crippen LogP contribution in [0.5, 0.6) is 5.75 Å². The first-order chi connectivity index (χ1) is 18.0. The molecule has 6 rings (SSSR count). The lowest BCUT2D eigenvalue weighted by Crippen LogP contribution is -2.16. The number of nitrogens with one attached hydrogen (secondary N) is 1. The fraction of sp³-hybridized carbons (Fsp3) is 0.206.